The van der Waals surface area contributed by atoms with Gasteiger partial charge in [-0.2, -0.15) is 0 Å². The van der Waals surface area contributed by atoms with E-state index in [1.807, 2.05) is 36.4 Å². The molecule has 2 aliphatic heterocycles. The van der Waals surface area contributed by atoms with Gasteiger partial charge in [-0.15, -0.1) is 0 Å². The minimum absolute atomic E-state index is 0.0273. The minimum Gasteiger partial charge on any atom is -0.492 e. The number of carbonyl (C=O) groups excluding carboxylic acids is 1. The van der Waals surface area contributed by atoms with Crippen LogP contribution in [0.2, 0.25) is 0 Å². The lowest BCUT2D eigenvalue weighted by Gasteiger charge is -2.10. The summed E-state index contributed by atoms with van der Waals surface area (Å²) in [6.45, 7) is 1.09. The van der Waals surface area contributed by atoms with Crippen LogP contribution in [0.4, 0.5) is 0 Å². The highest BCUT2D eigenvalue weighted by molar-refractivity contribution is 5.71. The second kappa shape index (κ2) is 6.55. The van der Waals surface area contributed by atoms with Crippen molar-refractivity contribution in [3.05, 3.63) is 47.5 Å². The van der Waals surface area contributed by atoms with Crippen LogP contribution in [-0.4, -0.2) is 26.5 Å². The van der Waals surface area contributed by atoms with Crippen molar-refractivity contribution in [3.8, 4) is 23.0 Å². The fourth-order valence-corrected chi connectivity index (χ4v) is 3.07. The van der Waals surface area contributed by atoms with Crippen LogP contribution in [0.25, 0.3) is 0 Å². The van der Waals surface area contributed by atoms with E-state index in [4.69, 9.17) is 23.7 Å². The Morgan fingerprint density at radius 3 is 2.96 bits per heavy atom. The number of hydrogen-bond acceptors (Lipinski definition) is 6. The highest BCUT2D eigenvalue weighted by Gasteiger charge is 2.27. The summed E-state index contributed by atoms with van der Waals surface area (Å²) in [7, 11) is 1.39. The fourth-order valence-electron chi connectivity index (χ4n) is 3.07. The second-order valence-corrected chi connectivity index (χ2v) is 5.93. The van der Waals surface area contributed by atoms with E-state index in [-0.39, 0.29) is 18.7 Å². The highest BCUT2D eigenvalue weighted by Crippen LogP contribution is 2.39. The first kappa shape index (κ1) is 15.6. The van der Waals surface area contributed by atoms with Crippen LogP contribution in [0.5, 0.6) is 23.0 Å². The number of carbonyl (C=O) groups is 1. The molecule has 6 nitrogen and oxygen atoms in total. The molecular formula is C19H18O6. The van der Waals surface area contributed by atoms with Crippen LogP contribution < -0.4 is 18.9 Å². The number of benzene rings is 2. The van der Waals surface area contributed by atoms with E-state index >= 15 is 0 Å². The quantitative estimate of drug-likeness (QED) is 0.778. The smallest absolute Gasteiger partial charge is 0.306 e. The number of esters is 1. The molecule has 0 fully saturated rings. The van der Waals surface area contributed by atoms with Crippen molar-refractivity contribution in [2.75, 3.05) is 20.5 Å². The summed E-state index contributed by atoms with van der Waals surface area (Å²) in [6.07, 6.45) is 0.317. The van der Waals surface area contributed by atoms with Crippen molar-refractivity contribution < 1.29 is 28.5 Å². The zero-order chi connectivity index (χ0) is 17.2. The molecule has 0 saturated heterocycles. The van der Waals surface area contributed by atoms with Gasteiger partial charge in [0.05, 0.1) is 20.1 Å². The van der Waals surface area contributed by atoms with Crippen LogP contribution in [0.1, 0.15) is 23.5 Å². The van der Waals surface area contributed by atoms with E-state index in [2.05, 4.69) is 0 Å². The third-order valence-electron chi connectivity index (χ3n) is 4.38. The van der Waals surface area contributed by atoms with Gasteiger partial charge in [-0.1, -0.05) is 18.2 Å². The molecule has 25 heavy (non-hydrogen) atoms. The lowest BCUT2D eigenvalue weighted by atomic mass is 9.98. The van der Waals surface area contributed by atoms with Crippen molar-refractivity contribution in [3.63, 3.8) is 0 Å². The van der Waals surface area contributed by atoms with Gasteiger partial charge in [0.15, 0.2) is 11.5 Å². The molecule has 0 amide bonds. The average Bonchev–Trinajstić information content (AvgIpc) is 3.27. The van der Waals surface area contributed by atoms with Crippen LogP contribution in [0.15, 0.2) is 36.4 Å². The van der Waals surface area contributed by atoms with Crippen LogP contribution in [0, 0.1) is 0 Å². The van der Waals surface area contributed by atoms with Crippen LogP contribution in [-0.2, 0) is 16.1 Å². The molecule has 0 radical (unpaired) electrons. The Hall–Kier alpha value is -2.89. The van der Waals surface area contributed by atoms with E-state index in [1.165, 1.54) is 7.11 Å². The molecule has 0 N–H and O–H groups in total. The first-order valence-corrected chi connectivity index (χ1v) is 8.08. The summed E-state index contributed by atoms with van der Waals surface area (Å²) in [5, 5.41) is 0. The lowest BCUT2D eigenvalue weighted by molar-refractivity contribution is -0.141. The van der Waals surface area contributed by atoms with Crippen molar-refractivity contribution in [1.29, 1.82) is 0 Å². The SMILES string of the molecule is COC(=O)CC1COc2cc(OCc3cccc4c3OCO4)ccc21. The number of ether oxygens (including phenoxy) is 5. The fraction of sp³-hybridized carbons (Fsp3) is 0.316. The first-order valence-electron chi connectivity index (χ1n) is 8.08. The van der Waals surface area contributed by atoms with Gasteiger partial charge < -0.3 is 23.7 Å². The molecule has 130 valence electrons. The van der Waals surface area contributed by atoms with Crippen LogP contribution >= 0.6 is 0 Å². The third-order valence-corrected chi connectivity index (χ3v) is 4.38. The average molecular weight is 342 g/mol. The van der Waals surface area contributed by atoms with Crippen molar-refractivity contribution >= 4 is 5.97 Å². The van der Waals surface area contributed by atoms with E-state index < -0.39 is 0 Å². The van der Waals surface area contributed by atoms with Gasteiger partial charge in [0.1, 0.15) is 18.1 Å². The molecule has 1 atom stereocenters. The maximum absolute atomic E-state index is 11.5. The zero-order valence-electron chi connectivity index (χ0n) is 13.8. The molecular weight excluding hydrogens is 324 g/mol. The van der Waals surface area contributed by atoms with Gasteiger partial charge in [0, 0.05) is 23.1 Å². The molecule has 2 aromatic carbocycles. The standard InChI is InChI=1S/C19H18O6/c1-21-18(20)7-13-10-23-17-8-14(5-6-15(13)17)22-9-12-3-2-4-16-19(12)25-11-24-16/h2-6,8,13H,7,9-11H2,1H3. The lowest BCUT2D eigenvalue weighted by Crippen LogP contribution is -2.09. The van der Waals surface area contributed by atoms with E-state index in [1.54, 1.807) is 0 Å². The van der Waals surface area contributed by atoms with Crippen molar-refractivity contribution in [2.24, 2.45) is 0 Å². The Balaban J connectivity index is 1.45. The molecule has 2 heterocycles. The molecule has 2 aromatic rings. The number of rotatable bonds is 5. The number of fused-ring (bicyclic) bond motifs is 2. The Kier molecular flexibility index (Phi) is 4.09. The maximum Gasteiger partial charge on any atom is 0.306 e. The van der Waals surface area contributed by atoms with Gasteiger partial charge in [0.2, 0.25) is 6.79 Å². The molecule has 0 aromatic heterocycles. The summed E-state index contributed by atoms with van der Waals surface area (Å²) < 4.78 is 27.1. The normalized spacial score (nSPS) is 16.9. The Bertz CT molecular complexity index is 800. The monoisotopic (exact) mass is 342 g/mol. The summed E-state index contributed by atoms with van der Waals surface area (Å²) in [4.78, 5) is 11.5. The highest BCUT2D eigenvalue weighted by atomic mass is 16.7. The third kappa shape index (κ3) is 3.07. The van der Waals surface area contributed by atoms with Gasteiger partial charge in [-0.05, 0) is 12.1 Å². The predicted molar refractivity (Wildman–Crippen MR) is 88.2 cm³/mol. The van der Waals surface area contributed by atoms with E-state index in [9.17, 15) is 4.79 Å². The topological polar surface area (TPSA) is 63.2 Å². The van der Waals surface area contributed by atoms with E-state index in [0.29, 0.717) is 25.4 Å². The summed E-state index contributed by atoms with van der Waals surface area (Å²) in [6, 6.07) is 11.4. The second-order valence-electron chi connectivity index (χ2n) is 5.93. The molecule has 6 heteroatoms. The number of para-hydroxylation sites is 1. The Labute approximate surface area is 145 Å². The molecule has 2 aliphatic rings. The first-order chi connectivity index (χ1) is 12.2. The maximum atomic E-state index is 11.5. The molecule has 0 bridgehead atoms. The van der Waals surface area contributed by atoms with Gasteiger partial charge in [-0.3, -0.25) is 4.79 Å². The molecule has 0 aliphatic carbocycles. The summed E-state index contributed by atoms with van der Waals surface area (Å²) in [5.74, 6) is 2.72. The summed E-state index contributed by atoms with van der Waals surface area (Å²) >= 11 is 0. The molecule has 4 rings (SSSR count). The minimum atomic E-state index is -0.234. The molecule has 0 saturated carbocycles. The van der Waals surface area contributed by atoms with Crippen LogP contribution in [0.3, 0.4) is 0 Å². The number of methoxy groups -OCH3 is 1. The predicted octanol–water partition coefficient (Wildman–Crippen LogP) is 3.03. The zero-order valence-corrected chi connectivity index (χ0v) is 13.8. The van der Waals surface area contributed by atoms with Crippen molar-refractivity contribution in [1.82, 2.24) is 0 Å². The Morgan fingerprint density at radius 1 is 1.16 bits per heavy atom. The van der Waals surface area contributed by atoms with E-state index in [0.717, 1.165) is 28.4 Å². The van der Waals surface area contributed by atoms with Gasteiger partial charge in [-0.25, -0.2) is 0 Å². The van der Waals surface area contributed by atoms with Gasteiger partial charge >= 0.3 is 5.97 Å². The number of hydrogen-bond donors (Lipinski definition) is 0. The molecule has 1 unspecified atom stereocenters. The Morgan fingerprint density at radius 2 is 2.08 bits per heavy atom. The van der Waals surface area contributed by atoms with Crippen molar-refractivity contribution in [2.45, 2.75) is 18.9 Å². The largest absolute Gasteiger partial charge is 0.492 e. The molecule has 0 spiro atoms. The summed E-state index contributed by atoms with van der Waals surface area (Å²) in [5.41, 5.74) is 1.94. The van der Waals surface area contributed by atoms with Gasteiger partial charge in [0.25, 0.3) is 0 Å².